The largest absolute Gasteiger partial charge is 0.482 e. The van der Waals surface area contributed by atoms with Crippen molar-refractivity contribution in [2.24, 2.45) is 0 Å². The molecule has 0 spiro atoms. The van der Waals surface area contributed by atoms with E-state index in [1.165, 1.54) is 34.8 Å². The van der Waals surface area contributed by atoms with Crippen LogP contribution in [0.4, 0.5) is 13.2 Å². The number of nitrogens with one attached hydrogen (secondary N) is 2. The molecule has 254 valence electrons. The van der Waals surface area contributed by atoms with E-state index in [1.807, 2.05) is 23.6 Å². The number of amides is 2. The van der Waals surface area contributed by atoms with Crippen molar-refractivity contribution in [3.8, 4) is 16.3 Å². The Morgan fingerprint density at radius 1 is 0.938 bits per heavy atom. The van der Waals surface area contributed by atoms with Crippen LogP contribution in [0.25, 0.3) is 10.6 Å². The summed E-state index contributed by atoms with van der Waals surface area (Å²) in [5, 5.41) is 14.3. The van der Waals surface area contributed by atoms with Crippen molar-refractivity contribution < 1.29 is 42.4 Å². The van der Waals surface area contributed by atoms with Crippen LogP contribution in [0.1, 0.15) is 82.1 Å². The molecule has 0 aliphatic heterocycles. The van der Waals surface area contributed by atoms with Gasteiger partial charge >= 0.3 is 12.1 Å². The first kappa shape index (κ1) is 36.1. The third kappa shape index (κ3) is 10.1. The van der Waals surface area contributed by atoms with Crippen molar-refractivity contribution in [2.45, 2.75) is 64.7 Å². The molecule has 0 fully saturated rings. The third-order valence-electron chi connectivity index (χ3n) is 7.75. The molecule has 0 saturated carbocycles. The fraction of sp³-hybridized carbons (Fsp3) is 0.333. The maximum Gasteiger partial charge on any atom is 0.416 e. The Morgan fingerprint density at radius 2 is 1.65 bits per heavy atom. The predicted molar refractivity (Wildman–Crippen MR) is 177 cm³/mol. The van der Waals surface area contributed by atoms with E-state index in [-0.39, 0.29) is 24.6 Å². The number of halogens is 3. The standard InChI is InChI=1S/C36H38F3N3O5S/c1-3-4-5-6-7-8-26-19-27(13-18-31(26)33(45)40-2)34-41-29(23-48-34)21-42(20-24-9-16-30(17-10-24)47-22-32(43)44)35(46)25-11-14-28(15-12-25)36(37,38)39/h9-19,23H,3-8,20-22H2,1-2H3,(H,40,45)(H,43,44)/p+1. The normalized spacial score (nSPS) is 11.3. The molecule has 8 nitrogen and oxygen atoms in total. The van der Waals surface area contributed by atoms with Gasteiger partial charge in [-0.3, -0.25) is 9.59 Å². The summed E-state index contributed by atoms with van der Waals surface area (Å²) in [6.45, 7) is 1.93. The molecular weight excluding hydrogens is 643 g/mol. The van der Waals surface area contributed by atoms with Gasteiger partial charge in [0.25, 0.3) is 16.8 Å². The van der Waals surface area contributed by atoms with E-state index in [9.17, 15) is 27.6 Å². The van der Waals surface area contributed by atoms with E-state index in [1.54, 1.807) is 31.3 Å². The highest BCUT2D eigenvalue weighted by atomic mass is 32.1. The molecule has 0 atom stereocenters. The first-order chi connectivity index (χ1) is 23.0. The number of aliphatic carboxylic acids is 1. The number of ether oxygens (including phenoxy) is 1. The van der Waals surface area contributed by atoms with E-state index in [2.05, 4.69) is 17.2 Å². The Hall–Kier alpha value is -4.71. The number of unbranched alkanes of at least 4 members (excludes halogenated alkanes) is 4. The number of thiazole rings is 1. The Bertz CT molecular complexity index is 1690. The van der Waals surface area contributed by atoms with Crippen molar-refractivity contribution in [3.05, 3.63) is 106 Å². The van der Waals surface area contributed by atoms with Gasteiger partial charge in [-0.2, -0.15) is 18.2 Å². The van der Waals surface area contributed by atoms with E-state index < -0.39 is 30.2 Å². The number of carbonyl (C=O) groups excluding carboxylic acids is 2. The lowest BCUT2D eigenvalue weighted by molar-refractivity contribution is -0.372. The van der Waals surface area contributed by atoms with Gasteiger partial charge in [0.05, 0.1) is 16.5 Å². The number of benzene rings is 3. The Kier molecular flexibility index (Phi) is 12.7. The number of aromatic nitrogens is 1. The van der Waals surface area contributed by atoms with Crippen LogP contribution in [0, 0.1) is 0 Å². The second-order valence-corrected chi connectivity index (χ2v) is 12.3. The molecule has 48 heavy (non-hydrogen) atoms. The number of aromatic amines is 1. The molecule has 0 bridgehead atoms. The molecule has 2 amide bonds. The van der Waals surface area contributed by atoms with Gasteiger partial charge in [-0.15, -0.1) is 0 Å². The molecule has 0 aliphatic rings. The summed E-state index contributed by atoms with van der Waals surface area (Å²) < 4.78 is 44.7. The topological polar surface area (TPSA) is 110 Å². The molecule has 4 aromatic rings. The maximum absolute atomic E-state index is 13.7. The van der Waals surface area contributed by atoms with Crippen LogP contribution in [0.15, 0.2) is 72.1 Å². The highest BCUT2D eigenvalue weighted by Crippen LogP contribution is 2.30. The van der Waals surface area contributed by atoms with Crippen LogP contribution in [0.5, 0.6) is 5.75 Å². The highest BCUT2D eigenvalue weighted by Gasteiger charge is 2.31. The number of rotatable bonds is 16. The van der Waals surface area contributed by atoms with Crippen LogP contribution in [-0.4, -0.2) is 41.4 Å². The molecule has 0 aliphatic carbocycles. The minimum absolute atomic E-state index is 0.105. The van der Waals surface area contributed by atoms with E-state index >= 15 is 0 Å². The SMILES string of the molecule is CCCCCCCc1cc(-c2[nH+]c(CN(Cc3ccc(OCC(=O)O)cc3)C(=O)c3ccc(C(F)(F)F)cc3)cs2)ccc1C(=O)NC. The van der Waals surface area contributed by atoms with Crippen LogP contribution in [-0.2, 0) is 30.5 Å². The van der Waals surface area contributed by atoms with E-state index in [0.29, 0.717) is 22.6 Å². The van der Waals surface area contributed by atoms with Gasteiger partial charge in [0.15, 0.2) is 6.61 Å². The van der Waals surface area contributed by atoms with Gasteiger partial charge in [-0.05, 0) is 78.6 Å². The van der Waals surface area contributed by atoms with Crippen molar-refractivity contribution in [1.82, 2.24) is 10.2 Å². The lowest BCUT2D eigenvalue weighted by atomic mass is 9.97. The summed E-state index contributed by atoms with van der Waals surface area (Å²) in [6, 6.07) is 16.4. The fourth-order valence-electron chi connectivity index (χ4n) is 5.21. The molecule has 12 heteroatoms. The second kappa shape index (κ2) is 16.9. The summed E-state index contributed by atoms with van der Waals surface area (Å²) in [5.74, 6) is -1.36. The lowest BCUT2D eigenvalue weighted by Crippen LogP contribution is -2.32. The highest BCUT2D eigenvalue weighted by molar-refractivity contribution is 7.12. The molecular formula is C36H39F3N3O5S+. The van der Waals surface area contributed by atoms with Gasteiger partial charge in [-0.1, -0.05) is 56.1 Å². The zero-order valence-corrected chi connectivity index (χ0v) is 27.7. The van der Waals surface area contributed by atoms with Gasteiger partial charge in [0, 0.05) is 24.7 Å². The average Bonchev–Trinajstić information content (AvgIpc) is 3.55. The van der Waals surface area contributed by atoms with Crippen molar-refractivity contribution in [3.63, 3.8) is 0 Å². The van der Waals surface area contributed by atoms with Crippen LogP contribution in [0.3, 0.4) is 0 Å². The lowest BCUT2D eigenvalue weighted by Gasteiger charge is -2.21. The molecule has 4 rings (SSSR count). The summed E-state index contributed by atoms with van der Waals surface area (Å²) in [5.41, 5.74) is 3.19. The monoisotopic (exact) mass is 682 g/mol. The van der Waals surface area contributed by atoms with Crippen LogP contribution in [0.2, 0.25) is 0 Å². The first-order valence-corrected chi connectivity index (χ1v) is 16.6. The van der Waals surface area contributed by atoms with E-state index in [0.717, 1.165) is 60.4 Å². The summed E-state index contributed by atoms with van der Waals surface area (Å²) in [6.07, 6.45) is 1.79. The second-order valence-electron chi connectivity index (χ2n) is 11.4. The number of hydrogen-bond donors (Lipinski definition) is 2. The molecule has 0 saturated heterocycles. The molecule has 3 aromatic carbocycles. The van der Waals surface area contributed by atoms with Gasteiger partial charge < -0.3 is 20.1 Å². The maximum atomic E-state index is 13.7. The Morgan fingerprint density at radius 3 is 2.29 bits per heavy atom. The Balaban J connectivity index is 1.58. The summed E-state index contributed by atoms with van der Waals surface area (Å²) >= 11 is 1.45. The number of carboxylic acid groups (broad SMARTS) is 1. The third-order valence-corrected chi connectivity index (χ3v) is 8.72. The van der Waals surface area contributed by atoms with Crippen molar-refractivity contribution >= 4 is 29.1 Å². The summed E-state index contributed by atoms with van der Waals surface area (Å²) in [7, 11) is 1.61. The summed E-state index contributed by atoms with van der Waals surface area (Å²) in [4.78, 5) is 42.0. The van der Waals surface area contributed by atoms with Gasteiger partial charge in [0.2, 0.25) is 5.69 Å². The van der Waals surface area contributed by atoms with Crippen molar-refractivity contribution in [2.75, 3.05) is 13.7 Å². The number of hydrogen-bond acceptors (Lipinski definition) is 5. The fourth-order valence-corrected chi connectivity index (χ4v) is 6.06. The molecule has 0 radical (unpaired) electrons. The Labute approximate surface area is 281 Å². The number of H-pyrrole nitrogens is 1. The quantitative estimate of drug-likeness (QED) is 0.120. The van der Waals surface area contributed by atoms with Gasteiger partial charge in [0.1, 0.15) is 12.3 Å². The number of nitrogens with zero attached hydrogens (tertiary/aromatic N) is 1. The van der Waals surface area contributed by atoms with Crippen LogP contribution < -0.4 is 15.0 Å². The number of carboxylic acids is 1. The zero-order chi connectivity index (χ0) is 34.7. The van der Waals surface area contributed by atoms with Crippen molar-refractivity contribution in [1.29, 1.82) is 0 Å². The average molecular weight is 683 g/mol. The predicted octanol–water partition coefficient (Wildman–Crippen LogP) is 7.43. The van der Waals surface area contributed by atoms with Gasteiger partial charge in [-0.25, -0.2) is 4.79 Å². The van der Waals surface area contributed by atoms with Crippen LogP contribution >= 0.6 is 11.3 Å². The molecule has 0 unspecified atom stereocenters. The molecule has 3 N–H and O–H groups in total. The number of carbonyl (C=O) groups is 3. The zero-order valence-electron chi connectivity index (χ0n) is 26.9. The number of aryl methyl sites for hydroxylation is 1. The van der Waals surface area contributed by atoms with E-state index in [4.69, 9.17) is 9.84 Å². The molecule has 1 heterocycles. The number of alkyl halides is 3. The minimum Gasteiger partial charge on any atom is -0.482 e. The molecule has 1 aromatic heterocycles. The smallest absolute Gasteiger partial charge is 0.416 e. The minimum atomic E-state index is -4.53. The first-order valence-electron chi connectivity index (χ1n) is 15.7.